The molecule has 1 aliphatic rings. The molecule has 10 heteroatoms. The Balaban J connectivity index is 0.000000837. The van der Waals surface area contributed by atoms with Crippen LogP contribution in [-0.4, -0.2) is 61.0 Å². The fourth-order valence-electron chi connectivity index (χ4n) is 3.21. The summed E-state index contributed by atoms with van der Waals surface area (Å²) in [5.41, 5.74) is 6.26. The second-order valence-corrected chi connectivity index (χ2v) is 7.85. The molecule has 1 aliphatic heterocycles. The minimum atomic E-state index is -0.948. The lowest BCUT2D eigenvalue weighted by Gasteiger charge is -2.18. The number of carbonyl (C=O) groups is 4. The number of fused-ring (bicyclic) bond motifs is 1. The van der Waals surface area contributed by atoms with Crippen molar-refractivity contribution >= 4 is 34.6 Å². The Morgan fingerprint density at radius 2 is 1.94 bits per heavy atom. The molecular formula is C22H31N5O5. The second-order valence-electron chi connectivity index (χ2n) is 7.85. The second kappa shape index (κ2) is 11.8. The number of nitrogens with two attached hydrogens (primary N) is 1. The van der Waals surface area contributed by atoms with Crippen molar-refractivity contribution in [3.63, 3.8) is 0 Å². The molecule has 1 aromatic heterocycles. The van der Waals surface area contributed by atoms with E-state index in [9.17, 15) is 19.2 Å². The maximum absolute atomic E-state index is 12.2. The molecule has 0 bridgehead atoms. The van der Waals surface area contributed by atoms with Gasteiger partial charge in [0.1, 0.15) is 11.7 Å². The van der Waals surface area contributed by atoms with Gasteiger partial charge in [0.15, 0.2) is 0 Å². The lowest BCUT2D eigenvalue weighted by atomic mass is 9.98. The van der Waals surface area contributed by atoms with E-state index in [1.807, 2.05) is 38.1 Å². The summed E-state index contributed by atoms with van der Waals surface area (Å²) in [5, 5.41) is 8.62. The number of carbonyl (C=O) groups excluding carboxylic acids is 4. The highest BCUT2D eigenvalue weighted by Crippen LogP contribution is 2.17. The first-order valence-corrected chi connectivity index (χ1v) is 10.5. The van der Waals surface area contributed by atoms with Crippen molar-refractivity contribution in [3.8, 4) is 0 Å². The largest absolute Gasteiger partial charge is 0.467 e. The predicted octanol–water partition coefficient (Wildman–Crippen LogP) is 0.435. The van der Waals surface area contributed by atoms with Gasteiger partial charge in [-0.3, -0.25) is 14.4 Å². The monoisotopic (exact) mass is 445 g/mol. The quantitative estimate of drug-likeness (QED) is 0.389. The summed E-state index contributed by atoms with van der Waals surface area (Å²) >= 11 is 0. The maximum Gasteiger partial charge on any atom is 0.328 e. The Hall–Kier alpha value is -3.40. The number of methoxy groups -OCH3 is 1. The zero-order valence-corrected chi connectivity index (χ0v) is 18.6. The molecule has 1 fully saturated rings. The van der Waals surface area contributed by atoms with Crippen molar-refractivity contribution in [2.75, 3.05) is 20.2 Å². The van der Waals surface area contributed by atoms with E-state index in [1.165, 1.54) is 7.11 Å². The zero-order chi connectivity index (χ0) is 23.7. The van der Waals surface area contributed by atoms with Gasteiger partial charge in [-0.2, -0.15) is 0 Å². The maximum atomic E-state index is 12.2. The molecule has 0 radical (unpaired) electrons. The molecule has 10 nitrogen and oxygen atoms in total. The van der Waals surface area contributed by atoms with Gasteiger partial charge < -0.3 is 31.4 Å². The number of hydrogen-bond acceptors (Lipinski definition) is 6. The van der Waals surface area contributed by atoms with Crippen LogP contribution in [0.2, 0.25) is 0 Å². The van der Waals surface area contributed by atoms with E-state index in [2.05, 4.69) is 20.9 Å². The molecule has 2 aromatic rings. The molecule has 0 spiro atoms. The minimum absolute atomic E-state index is 0.143. The number of H-pyrrole nitrogens is 1. The van der Waals surface area contributed by atoms with Crippen LogP contribution >= 0.6 is 0 Å². The SMILES string of the molecule is CC(C)N.COC(=O)C(CC1CCNC1=O)NC(=O)CNC(=O)c1cc2ccccc2[nH]1. The van der Waals surface area contributed by atoms with Crippen molar-refractivity contribution in [1.82, 2.24) is 20.9 Å². The molecule has 2 heterocycles. The number of para-hydroxylation sites is 1. The lowest BCUT2D eigenvalue weighted by molar-refractivity contribution is -0.145. The number of rotatable bonds is 7. The highest BCUT2D eigenvalue weighted by molar-refractivity contribution is 5.99. The highest BCUT2D eigenvalue weighted by atomic mass is 16.5. The van der Waals surface area contributed by atoms with Gasteiger partial charge in [-0.15, -0.1) is 0 Å². The topological polar surface area (TPSA) is 155 Å². The number of aromatic nitrogens is 1. The molecule has 2 unspecified atom stereocenters. The summed E-state index contributed by atoms with van der Waals surface area (Å²) in [4.78, 5) is 51.1. The van der Waals surface area contributed by atoms with Crippen LogP contribution in [0.5, 0.6) is 0 Å². The molecular weight excluding hydrogens is 414 g/mol. The van der Waals surface area contributed by atoms with Crippen molar-refractivity contribution in [2.45, 2.75) is 38.8 Å². The summed E-state index contributed by atoms with van der Waals surface area (Å²) in [6, 6.07) is 8.51. The summed E-state index contributed by atoms with van der Waals surface area (Å²) < 4.78 is 4.71. The number of hydrogen-bond donors (Lipinski definition) is 5. The minimum Gasteiger partial charge on any atom is -0.467 e. The average Bonchev–Trinajstić information content (AvgIpc) is 3.36. The normalized spacial score (nSPS) is 16.0. The predicted molar refractivity (Wildman–Crippen MR) is 120 cm³/mol. The van der Waals surface area contributed by atoms with Gasteiger partial charge in [-0.1, -0.05) is 32.0 Å². The van der Waals surface area contributed by atoms with E-state index in [-0.39, 0.29) is 24.8 Å². The molecule has 3 rings (SSSR count). The van der Waals surface area contributed by atoms with E-state index in [0.29, 0.717) is 24.7 Å². The molecule has 1 aromatic carbocycles. The Morgan fingerprint density at radius 1 is 1.25 bits per heavy atom. The zero-order valence-electron chi connectivity index (χ0n) is 18.6. The number of esters is 1. The van der Waals surface area contributed by atoms with Crippen LogP contribution in [-0.2, 0) is 19.1 Å². The smallest absolute Gasteiger partial charge is 0.328 e. The van der Waals surface area contributed by atoms with E-state index in [4.69, 9.17) is 10.5 Å². The van der Waals surface area contributed by atoms with Crippen LogP contribution in [0, 0.1) is 5.92 Å². The number of aromatic amines is 1. The first kappa shape index (κ1) is 24.9. The van der Waals surface area contributed by atoms with E-state index in [1.54, 1.807) is 6.07 Å². The van der Waals surface area contributed by atoms with Crippen molar-refractivity contribution in [1.29, 1.82) is 0 Å². The molecule has 2 atom stereocenters. The van der Waals surface area contributed by atoms with E-state index < -0.39 is 23.8 Å². The first-order chi connectivity index (χ1) is 15.2. The molecule has 6 N–H and O–H groups in total. The summed E-state index contributed by atoms with van der Waals surface area (Å²) in [7, 11) is 1.22. The summed E-state index contributed by atoms with van der Waals surface area (Å²) in [6.07, 6.45) is 0.750. The number of nitrogens with one attached hydrogen (secondary N) is 4. The van der Waals surface area contributed by atoms with Crippen molar-refractivity contribution < 1.29 is 23.9 Å². The van der Waals surface area contributed by atoms with Gasteiger partial charge in [0, 0.05) is 23.4 Å². The fourth-order valence-corrected chi connectivity index (χ4v) is 3.21. The summed E-state index contributed by atoms with van der Waals surface area (Å²) in [6.45, 7) is 4.13. The van der Waals surface area contributed by atoms with E-state index >= 15 is 0 Å². The number of benzene rings is 1. The molecule has 0 aliphatic carbocycles. The Kier molecular flexibility index (Phi) is 9.21. The third-order valence-electron chi connectivity index (χ3n) is 4.69. The van der Waals surface area contributed by atoms with Crippen LogP contribution < -0.4 is 21.7 Å². The highest BCUT2D eigenvalue weighted by Gasteiger charge is 2.31. The van der Waals surface area contributed by atoms with Gasteiger partial charge in [0.2, 0.25) is 11.8 Å². The van der Waals surface area contributed by atoms with Crippen LogP contribution in [0.15, 0.2) is 30.3 Å². The Morgan fingerprint density at radius 3 is 2.53 bits per heavy atom. The van der Waals surface area contributed by atoms with Crippen LogP contribution in [0.3, 0.4) is 0 Å². The lowest BCUT2D eigenvalue weighted by Crippen LogP contribution is -2.47. The van der Waals surface area contributed by atoms with Gasteiger partial charge in [0.25, 0.3) is 5.91 Å². The third-order valence-corrected chi connectivity index (χ3v) is 4.69. The van der Waals surface area contributed by atoms with Crippen LogP contribution in [0.25, 0.3) is 10.9 Å². The van der Waals surface area contributed by atoms with E-state index in [0.717, 1.165) is 10.9 Å². The number of ether oxygens (including phenoxy) is 1. The Bertz CT molecular complexity index is 919. The number of amides is 3. The molecule has 174 valence electrons. The van der Waals surface area contributed by atoms with Crippen LogP contribution in [0.1, 0.15) is 37.2 Å². The Labute approximate surface area is 186 Å². The average molecular weight is 446 g/mol. The van der Waals surface area contributed by atoms with Crippen LogP contribution in [0.4, 0.5) is 0 Å². The van der Waals surface area contributed by atoms with Gasteiger partial charge in [0.05, 0.1) is 13.7 Å². The third kappa shape index (κ3) is 7.38. The van der Waals surface area contributed by atoms with Gasteiger partial charge in [-0.05, 0) is 31.0 Å². The fraction of sp³-hybridized carbons (Fsp3) is 0.455. The van der Waals surface area contributed by atoms with Crippen molar-refractivity contribution in [2.24, 2.45) is 11.7 Å². The molecule has 1 saturated heterocycles. The molecule has 32 heavy (non-hydrogen) atoms. The van der Waals surface area contributed by atoms with Crippen molar-refractivity contribution in [3.05, 3.63) is 36.0 Å². The molecule has 3 amide bonds. The van der Waals surface area contributed by atoms with Gasteiger partial charge >= 0.3 is 5.97 Å². The first-order valence-electron chi connectivity index (χ1n) is 10.5. The van der Waals surface area contributed by atoms with Gasteiger partial charge in [-0.25, -0.2) is 4.79 Å². The summed E-state index contributed by atoms with van der Waals surface area (Å²) in [5.74, 6) is -2.11. The standard InChI is InChI=1S/C19H22N4O5.C3H9N/c1-28-19(27)15(9-12-6-7-20-17(12)25)23-16(24)10-21-18(26)14-8-11-4-2-3-5-13(11)22-14;1-3(2)4/h2-5,8,12,15,22H,6-7,9-10H2,1H3,(H,20,25)(H,21,26)(H,23,24);3H,4H2,1-2H3. The molecule has 0 saturated carbocycles.